The van der Waals surface area contributed by atoms with Crippen molar-refractivity contribution in [2.75, 3.05) is 23.8 Å². The third kappa shape index (κ3) is 2.77. The van der Waals surface area contributed by atoms with E-state index in [0.717, 1.165) is 31.5 Å². The van der Waals surface area contributed by atoms with Gasteiger partial charge in [-0.2, -0.15) is 0 Å². The molecule has 0 saturated carbocycles. The van der Waals surface area contributed by atoms with Crippen LogP contribution in [0.25, 0.3) is 0 Å². The summed E-state index contributed by atoms with van der Waals surface area (Å²) in [7, 11) is -2.76. The first-order chi connectivity index (χ1) is 9.03. The van der Waals surface area contributed by atoms with Gasteiger partial charge in [-0.25, -0.2) is 8.42 Å². The van der Waals surface area contributed by atoms with Gasteiger partial charge in [-0.15, -0.1) is 0 Å². The molecule has 1 saturated heterocycles. The van der Waals surface area contributed by atoms with Crippen molar-refractivity contribution in [3.05, 3.63) is 29.3 Å². The monoisotopic (exact) mass is 280 g/mol. The van der Waals surface area contributed by atoms with Crippen LogP contribution >= 0.6 is 0 Å². The smallest absolute Gasteiger partial charge is 0.150 e. The van der Waals surface area contributed by atoms with Crippen LogP contribution in [0.1, 0.15) is 30.0 Å². The van der Waals surface area contributed by atoms with Crippen LogP contribution < -0.4 is 11.1 Å². The second-order valence-electron chi connectivity index (χ2n) is 5.73. The summed E-state index contributed by atoms with van der Waals surface area (Å²) in [5.74, 6) is 0.987. The van der Waals surface area contributed by atoms with Crippen LogP contribution in [0.5, 0.6) is 0 Å². The number of aryl methyl sites for hydroxylation is 1. The average molecular weight is 280 g/mol. The highest BCUT2D eigenvalue weighted by molar-refractivity contribution is 7.91. The molecule has 104 valence electrons. The Bertz CT molecular complexity index is 583. The van der Waals surface area contributed by atoms with Gasteiger partial charge in [0.1, 0.15) is 0 Å². The van der Waals surface area contributed by atoms with Crippen LogP contribution in [0.15, 0.2) is 18.2 Å². The van der Waals surface area contributed by atoms with Crippen molar-refractivity contribution in [2.45, 2.75) is 25.3 Å². The van der Waals surface area contributed by atoms with E-state index in [1.165, 1.54) is 11.1 Å². The molecule has 2 atom stereocenters. The van der Waals surface area contributed by atoms with E-state index in [4.69, 9.17) is 5.73 Å². The molecule has 1 aromatic carbocycles. The standard InChI is InChI=1S/C14H20N2O2S/c15-12-2-3-13-11(7-12)1-4-14(13)16-8-10-5-6-19(17,18)9-10/h2-3,7,10,14,16H,1,4-6,8-9,15H2. The Labute approximate surface area is 114 Å². The molecule has 1 aromatic rings. The van der Waals surface area contributed by atoms with Gasteiger partial charge in [0.2, 0.25) is 0 Å². The van der Waals surface area contributed by atoms with Gasteiger partial charge >= 0.3 is 0 Å². The third-order valence-corrected chi connectivity index (χ3v) is 6.06. The van der Waals surface area contributed by atoms with E-state index in [2.05, 4.69) is 17.4 Å². The van der Waals surface area contributed by atoms with Crippen LogP contribution in [0.3, 0.4) is 0 Å². The summed E-state index contributed by atoms with van der Waals surface area (Å²) in [5, 5.41) is 3.53. The van der Waals surface area contributed by atoms with Crippen molar-refractivity contribution >= 4 is 15.5 Å². The number of fused-ring (bicyclic) bond motifs is 1. The van der Waals surface area contributed by atoms with E-state index in [1.807, 2.05) is 6.07 Å². The summed E-state index contributed by atoms with van der Waals surface area (Å²) in [4.78, 5) is 0. The van der Waals surface area contributed by atoms with Crippen LogP contribution in [-0.2, 0) is 16.3 Å². The highest BCUT2D eigenvalue weighted by Crippen LogP contribution is 2.32. The van der Waals surface area contributed by atoms with E-state index in [0.29, 0.717) is 17.5 Å². The van der Waals surface area contributed by atoms with Crippen molar-refractivity contribution < 1.29 is 8.42 Å². The number of hydrogen-bond donors (Lipinski definition) is 2. The largest absolute Gasteiger partial charge is 0.399 e. The predicted octanol–water partition coefficient (Wildman–Crippen LogP) is 1.28. The molecule has 0 aromatic heterocycles. The lowest BCUT2D eigenvalue weighted by molar-refractivity contribution is 0.456. The molecular weight excluding hydrogens is 260 g/mol. The van der Waals surface area contributed by atoms with Gasteiger partial charge < -0.3 is 11.1 Å². The second-order valence-corrected chi connectivity index (χ2v) is 7.96. The van der Waals surface area contributed by atoms with Crippen molar-refractivity contribution in [3.8, 4) is 0 Å². The molecule has 5 heteroatoms. The molecule has 2 aliphatic rings. The maximum Gasteiger partial charge on any atom is 0.150 e. The quantitative estimate of drug-likeness (QED) is 0.818. The normalized spacial score (nSPS) is 28.4. The maximum atomic E-state index is 11.4. The van der Waals surface area contributed by atoms with Crippen molar-refractivity contribution in [1.82, 2.24) is 5.32 Å². The molecule has 19 heavy (non-hydrogen) atoms. The molecule has 3 rings (SSSR count). The second kappa shape index (κ2) is 4.80. The molecular formula is C14H20N2O2S. The van der Waals surface area contributed by atoms with Crippen LogP contribution in [0, 0.1) is 5.92 Å². The average Bonchev–Trinajstić information content (AvgIpc) is 2.89. The van der Waals surface area contributed by atoms with Gasteiger partial charge in [-0.1, -0.05) is 6.07 Å². The number of nitrogen functional groups attached to an aromatic ring is 1. The number of hydrogen-bond acceptors (Lipinski definition) is 4. The Kier molecular flexibility index (Phi) is 3.27. The Morgan fingerprint density at radius 3 is 2.89 bits per heavy atom. The minimum absolute atomic E-state index is 0.280. The number of benzene rings is 1. The molecule has 0 bridgehead atoms. The first-order valence-corrected chi connectivity index (χ1v) is 8.68. The van der Waals surface area contributed by atoms with Crippen LogP contribution in [-0.4, -0.2) is 26.5 Å². The summed E-state index contributed by atoms with van der Waals surface area (Å²) >= 11 is 0. The van der Waals surface area contributed by atoms with Crippen LogP contribution in [0.2, 0.25) is 0 Å². The molecule has 2 unspecified atom stereocenters. The number of nitrogens with two attached hydrogens (primary N) is 1. The Morgan fingerprint density at radius 1 is 1.32 bits per heavy atom. The van der Waals surface area contributed by atoms with Crippen molar-refractivity contribution in [2.24, 2.45) is 5.92 Å². The first kappa shape index (κ1) is 12.9. The van der Waals surface area contributed by atoms with E-state index < -0.39 is 9.84 Å². The molecule has 1 heterocycles. The Balaban J connectivity index is 1.61. The van der Waals surface area contributed by atoms with E-state index in [1.54, 1.807) is 0 Å². The summed E-state index contributed by atoms with van der Waals surface area (Å²) in [6.45, 7) is 0.799. The van der Waals surface area contributed by atoms with E-state index >= 15 is 0 Å². The zero-order valence-electron chi connectivity index (χ0n) is 10.9. The highest BCUT2D eigenvalue weighted by Gasteiger charge is 2.29. The van der Waals surface area contributed by atoms with Gasteiger partial charge in [0, 0.05) is 11.7 Å². The number of sulfone groups is 1. The fraction of sp³-hybridized carbons (Fsp3) is 0.571. The van der Waals surface area contributed by atoms with Crippen LogP contribution in [0.4, 0.5) is 5.69 Å². The first-order valence-electron chi connectivity index (χ1n) is 6.85. The van der Waals surface area contributed by atoms with Crippen molar-refractivity contribution in [3.63, 3.8) is 0 Å². The number of anilines is 1. The Hall–Kier alpha value is -1.07. The maximum absolute atomic E-state index is 11.4. The zero-order valence-corrected chi connectivity index (χ0v) is 11.7. The summed E-state index contributed by atoms with van der Waals surface area (Å²) < 4.78 is 22.9. The number of nitrogens with one attached hydrogen (secondary N) is 1. The van der Waals surface area contributed by atoms with Gasteiger partial charge in [-0.05, 0) is 55.0 Å². The fourth-order valence-electron chi connectivity index (χ4n) is 3.19. The lowest BCUT2D eigenvalue weighted by Gasteiger charge is -2.17. The summed E-state index contributed by atoms with van der Waals surface area (Å²) in [6, 6.07) is 6.45. The third-order valence-electron chi connectivity index (χ3n) is 4.22. The molecule has 3 N–H and O–H groups in total. The molecule has 1 fully saturated rings. The van der Waals surface area contributed by atoms with Gasteiger partial charge in [0.15, 0.2) is 9.84 Å². The fourth-order valence-corrected chi connectivity index (χ4v) is 5.05. The molecule has 0 radical (unpaired) electrons. The lowest BCUT2D eigenvalue weighted by Crippen LogP contribution is -2.26. The summed E-state index contributed by atoms with van der Waals surface area (Å²) in [5.41, 5.74) is 9.27. The Morgan fingerprint density at radius 2 is 2.16 bits per heavy atom. The molecule has 0 spiro atoms. The minimum Gasteiger partial charge on any atom is -0.399 e. The molecule has 1 aliphatic heterocycles. The topological polar surface area (TPSA) is 72.2 Å². The van der Waals surface area contributed by atoms with Gasteiger partial charge in [-0.3, -0.25) is 0 Å². The predicted molar refractivity (Wildman–Crippen MR) is 76.7 cm³/mol. The molecule has 4 nitrogen and oxygen atoms in total. The highest BCUT2D eigenvalue weighted by atomic mass is 32.2. The van der Waals surface area contributed by atoms with E-state index in [9.17, 15) is 8.42 Å². The van der Waals surface area contributed by atoms with Crippen molar-refractivity contribution in [1.29, 1.82) is 0 Å². The minimum atomic E-state index is -2.76. The van der Waals surface area contributed by atoms with Gasteiger partial charge in [0.05, 0.1) is 11.5 Å². The summed E-state index contributed by atoms with van der Waals surface area (Å²) in [6.07, 6.45) is 2.94. The molecule has 1 aliphatic carbocycles. The SMILES string of the molecule is Nc1ccc2c(c1)CCC2NCC1CCS(=O)(=O)C1. The lowest BCUT2D eigenvalue weighted by atomic mass is 10.1. The van der Waals surface area contributed by atoms with E-state index in [-0.39, 0.29) is 5.92 Å². The molecule has 0 amide bonds. The van der Waals surface area contributed by atoms with Gasteiger partial charge in [0.25, 0.3) is 0 Å². The zero-order chi connectivity index (χ0) is 13.5. The number of rotatable bonds is 3.